The zero-order valence-electron chi connectivity index (χ0n) is 19.8. The minimum atomic E-state index is -0.284. The summed E-state index contributed by atoms with van der Waals surface area (Å²) in [4.78, 5) is 17.2. The zero-order valence-corrected chi connectivity index (χ0v) is 21.5. The Hall–Kier alpha value is -2.69. The molecule has 0 unspecified atom stereocenters. The topological polar surface area (TPSA) is 111 Å². The van der Waals surface area contributed by atoms with E-state index in [1.807, 2.05) is 0 Å². The molecule has 1 aromatic carbocycles. The molecule has 10 heteroatoms. The van der Waals surface area contributed by atoms with Gasteiger partial charge in [-0.3, -0.25) is 4.79 Å². The van der Waals surface area contributed by atoms with Gasteiger partial charge in [0.2, 0.25) is 0 Å². The van der Waals surface area contributed by atoms with E-state index in [0.29, 0.717) is 23.9 Å². The van der Waals surface area contributed by atoms with Gasteiger partial charge in [-0.25, -0.2) is 0 Å². The minimum absolute atomic E-state index is 0.0164. The van der Waals surface area contributed by atoms with Crippen LogP contribution in [0.15, 0.2) is 30.3 Å². The quantitative estimate of drug-likeness (QED) is 0.331. The van der Waals surface area contributed by atoms with Crippen molar-refractivity contribution in [2.45, 2.75) is 52.6 Å². The molecular formula is C24H31N5O3S2. The fraction of sp³-hybridized carbons (Fsp3) is 0.458. The standard InChI is InChI=1S/C24H31N5O3S2/c1-14-10-11-18(33-14)20(24(2,3)4)26-22-21(27-34-28-22)25-17-9-5-8-16(19(17)31)23(32)29-12-6-7-15(29)13-30/h5,8-11,15,20,30-31H,6-7,12-13H2,1-4H3,(H,25,27)(H,26,28)/t15-,20-/m0/s1. The lowest BCUT2D eigenvalue weighted by Gasteiger charge is -2.31. The number of para-hydroxylation sites is 1. The second-order valence-corrected chi connectivity index (χ2v) is 11.5. The third-order valence-corrected chi connectivity index (χ3v) is 7.64. The summed E-state index contributed by atoms with van der Waals surface area (Å²) >= 11 is 2.82. The maximum Gasteiger partial charge on any atom is 0.258 e. The molecule has 3 aromatic rings. The summed E-state index contributed by atoms with van der Waals surface area (Å²) in [5.41, 5.74) is 0.497. The molecule has 1 amide bonds. The van der Waals surface area contributed by atoms with Gasteiger partial charge in [-0.05, 0) is 49.4 Å². The van der Waals surface area contributed by atoms with Gasteiger partial charge in [0.15, 0.2) is 17.4 Å². The van der Waals surface area contributed by atoms with Crippen LogP contribution in [0.25, 0.3) is 0 Å². The molecule has 3 heterocycles. The van der Waals surface area contributed by atoms with Gasteiger partial charge in [0, 0.05) is 16.3 Å². The number of rotatable bonds is 7. The normalized spacial score (nSPS) is 17.1. The van der Waals surface area contributed by atoms with Gasteiger partial charge in [0.25, 0.3) is 5.91 Å². The highest BCUT2D eigenvalue weighted by Gasteiger charge is 2.31. The van der Waals surface area contributed by atoms with Crippen molar-refractivity contribution in [1.82, 2.24) is 13.6 Å². The van der Waals surface area contributed by atoms with Gasteiger partial charge >= 0.3 is 0 Å². The van der Waals surface area contributed by atoms with E-state index in [1.54, 1.807) is 34.4 Å². The second kappa shape index (κ2) is 9.89. The van der Waals surface area contributed by atoms with Gasteiger partial charge in [0.05, 0.1) is 41.7 Å². The lowest BCUT2D eigenvalue weighted by Crippen LogP contribution is -2.37. The first-order valence-corrected chi connectivity index (χ1v) is 12.9. The molecule has 8 nitrogen and oxygen atoms in total. The van der Waals surface area contributed by atoms with Crippen molar-refractivity contribution in [1.29, 1.82) is 0 Å². The molecule has 2 atom stereocenters. The van der Waals surface area contributed by atoms with Gasteiger partial charge in [0.1, 0.15) is 0 Å². The van der Waals surface area contributed by atoms with Crippen molar-refractivity contribution < 1.29 is 15.0 Å². The number of phenols is 1. The molecule has 0 radical (unpaired) electrons. The molecule has 0 spiro atoms. The molecule has 182 valence electrons. The fourth-order valence-electron chi connectivity index (χ4n) is 4.22. The largest absolute Gasteiger partial charge is 0.505 e. The molecule has 1 saturated heterocycles. The highest BCUT2D eigenvalue weighted by Crippen LogP contribution is 2.41. The van der Waals surface area contributed by atoms with E-state index in [0.717, 1.165) is 24.6 Å². The Morgan fingerprint density at radius 2 is 2.00 bits per heavy atom. The van der Waals surface area contributed by atoms with Crippen LogP contribution in [0.1, 0.15) is 59.8 Å². The van der Waals surface area contributed by atoms with Crippen molar-refractivity contribution in [2.24, 2.45) is 5.41 Å². The Morgan fingerprint density at radius 3 is 2.68 bits per heavy atom. The number of carbonyl (C=O) groups excluding carboxylic acids is 1. The van der Waals surface area contributed by atoms with Gasteiger partial charge in [-0.2, -0.15) is 8.75 Å². The average molecular weight is 502 g/mol. The molecule has 0 bridgehead atoms. The Kier molecular flexibility index (Phi) is 7.11. The van der Waals surface area contributed by atoms with Gasteiger partial charge in [-0.15, -0.1) is 11.3 Å². The third kappa shape index (κ3) is 5.03. The Bertz CT molecular complexity index is 1150. The van der Waals surface area contributed by atoms with Crippen LogP contribution in [0.5, 0.6) is 5.75 Å². The number of amides is 1. The number of nitrogens with zero attached hydrogens (tertiary/aromatic N) is 3. The van der Waals surface area contributed by atoms with Crippen LogP contribution < -0.4 is 10.6 Å². The first-order valence-electron chi connectivity index (χ1n) is 11.3. The average Bonchev–Trinajstić information content (AvgIpc) is 3.53. The van der Waals surface area contributed by atoms with Crippen LogP contribution in [-0.2, 0) is 0 Å². The summed E-state index contributed by atoms with van der Waals surface area (Å²) in [6.45, 7) is 9.10. The summed E-state index contributed by atoms with van der Waals surface area (Å²) in [5.74, 6) is 0.651. The Morgan fingerprint density at radius 1 is 1.24 bits per heavy atom. The summed E-state index contributed by atoms with van der Waals surface area (Å²) < 4.78 is 8.83. The molecule has 2 aromatic heterocycles. The SMILES string of the molecule is Cc1ccc([C@H](Nc2nsnc2Nc2cccc(C(=O)N3CCC[C@H]3CO)c2O)C(C)(C)C)s1. The number of hydrogen-bond donors (Lipinski definition) is 4. The first-order chi connectivity index (χ1) is 16.2. The maximum atomic E-state index is 13.1. The number of aryl methyl sites for hydroxylation is 1. The molecule has 1 fully saturated rings. The first kappa shape index (κ1) is 24.4. The predicted molar refractivity (Wildman–Crippen MR) is 137 cm³/mol. The van der Waals surface area contributed by atoms with Crippen molar-refractivity contribution in [2.75, 3.05) is 23.8 Å². The van der Waals surface area contributed by atoms with E-state index < -0.39 is 0 Å². The number of aromatic hydroxyl groups is 1. The number of aliphatic hydroxyl groups excluding tert-OH is 1. The van der Waals surface area contributed by atoms with E-state index in [1.165, 1.54) is 9.75 Å². The van der Waals surface area contributed by atoms with Crippen LogP contribution >= 0.6 is 23.1 Å². The number of likely N-dealkylation sites (tertiary alicyclic amines) is 1. The number of benzene rings is 1. The van der Waals surface area contributed by atoms with E-state index in [9.17, 15) is 15.0 Å². The molecule has 1 aliphatic heterocycles. The maximum absolute atomic E-state index is 13.1. The van der Waals surface area contributed by atoms with Gasteiger partial charge < -0.3 is 25.7 Å². The molecular weight excluding hydrogens is 470 g/mol. The number of nitrogens with one attached hydrogen (secondary N) is 2. The highest BCUT2D eigenvalue weighted by atomic mass is 32.1. The minimum Gasteiger partial charge on any atom is -0.505 e. The van der Waals surface area contributed by atoms with E-state index in [4.69, 9.17) is 0 Å². The predicted octanol–water partition coefficient (Wildman–Crippen LogP) is 5.15. The summed E-state index contributed by atoms with van der Waals surface area (Å²) in [6.07, 6.45) is 1.60. The molecule has 4 N–H and O–H groups in total. The number of anilines is 3. The van der Waals surface area contributed by atoms with Crippen molar-refractivity contribution in [3.63, 3.8) is 0 Å². The zero-order chi connectivity index (χ0) is 24.5. The summed E-state index contributed by atoms with van der Waals surface area (Å²) in [7, 11) is 0. The highest BCUT2D eigenvalue weighted by molar-refractivity contribution is 7.12. The van der Waals surface area contributed by atoms with Crippen LogP contribution in [0.3, 0.4) is 0 Å². The van der Waals surface area contributed by atoms with Crippen LogP contribution in [0, 0.1) is 12.3 Å². The van der Waals surface area contributed by atoms with E-state index >= 15 is 0 Å². The van der Waals surface area contributed by atoms with Crippen molar-refractivity contribution >= 4 is 46.3 Å². The van der Waals surface area contributed by atoms with Crippen LogP contribution in [0.2, 0.25) is 0 Å². The number of hydrogen-bond acceptors (Lipinski definition) is 9. The fourth-order valence-corrected chi connectivity index (χ4v) is 5.87. The molecule has 0 aliphatic carbocycles. The van der Waals surface area contributed by atoms with Crippen LogP contribution in [-0.4, -0.2) is 49.0 Å². The molecule has 34 heavy (non-hydrogen) atoms. The lowest BCUT2D eigenvalue weighted by atomic mass is 9.86. The summed E-state index contributed by atoms with van der Waals surface area (Å²) in [6, 6.07) is 9.07. The second-order valence-electron chi connectivity index (χ2n) is 9.66. The van der Waals surface area contributed by atoms with E-state index in [-0.39, 0.29) is 41.3 Å². The monoisotopic (exact) mass is 501 g/mol. The number of carbonyl (C=O) groups is 1. The van der Waals surface area contributed by atoms with Crippen molar-refractivity contribution in [3.05, 3.63) is 45.6 Å². The summed E-state index contributed by atoms with van der Waals surface area (Å²) in [5, 5.41) is 27.2. The number of aromatic nitrogens is 2. The lowest BCUT2D eigenvalue weighted by molar-refractivity contribution is 0.0674. The molecule has 0 saturated carbocycles. The number of phenolic OH excluding ortho intramolecular Hbond substituents is 1. The number of thiophene rings is 1. The number of aliphatic hydroxyl groups is 1. The molecule has 1 aliphatic rings. The molecule has 4 rings (SSSR count). The van der Waals surface area contributed by atoms with E-state index in [2.05, 4.69) is 59.2 Å². The van der Waals surface area contributed by atoms with Crippen molar-refractivity contribution in [3.8, 4) is 5.75 Å². The third-order valence-electron chi connectivity index (χ3n) is 6.05. The Balaban J connectivity index is 1.58. The van der Waals surface area contributed by atoms with Crippen LogP contribution in [0.4, 0.5) is 17.3 Å². The van der Waals surface area contributed by atoms with Gasteiger partial charge in [-0.1, -0.05) is 26.8 Å². The Labute approximate surface area is 208 Å². The smallest absolute Gasteiger partial charge is 0.258 e.